The van der Waals surface area contributed by atoms with Crippen molar-refractivity contribution < 1.29 is 0 Å². The van der Waals surface area contributed by atoms with Crippen LogP contribution < -0.4 is 4.90 Å². The van der Waals surface area contributed by atoms with Crippen molar-refractivity contribution in [2.45, 2.75) is 60.3 Å². The van der Waals surface area contributed by atoms with Gasteiger partial charge in [-0.05, 0) is 62.3 Å². The molecule has 1 aromatic heterocycles. The predicted octanol–water partition coefficient (Wildman–Crippen LogP) is 6.83. The fourth-order valence-electron chi connectivity index (χ4n) is 5.00. The zero-order chi connectivity index (χ0) is 19.8. The summed E-state index contributed by atoms with van der Waals surface area (Å²) in [6.45, 7) is 12.4. The molecule has 0 unspecified atom stereocenters. The quantitative estimate of drug-likeness (QED) is 0.488. The van der Waals surface area contributed by atoms with Crippen LogP contribution in [0.25, 0.3) is 10.9 Å². The molecular formula is C26H32N2. The summed E-state index contributed by atoms with van der Waals surface area (Å²) in [4.78, 5) is 7.48. The maximum Gasteiger partial charge on any atom is 0.0726 e. The zero-order valence-corrected chi connectivity index (χ0v) is 18.0. The highest BCUT2D eigenvalue weighted by Gasteiger charge is 2.28. The lowest BCUT2D eigenvalue weighted by Crippen LogP contribution is -2.18. The second-order valence-electron chi connectivity index (χ2n) is 8.42. The SMILES string of the molecule is CCC(CC)Cc1cc(C)cc(C)c1N1CCc2c(C)nc3ccccc3c21. The molecule has 28 heavy (non-hydrogen) atoms. The fourth-order valence-corrected chi connectivity index (χ4v) is 5.00. The molecule has 0 saturated heterocycles. The van der Waals surface area contributed by atoms with Crippen LogP contribution in [-0.4, -0.2) is 11.5 Å². The van der Waals surface area contributed by atoms with Crippen LogP contribution in [0, 0.1) is 26.7 Å². The van der Waals surface area contributed by atoms with E-state index >= 15 is 0 Å². The summed E-state index contributed by atoms with van der Waals surface area (Å²) in [5.74, 6) is 0.748. The molecule has 1 aliphatic heterocycles. The van der Waals surface area contributed by atoms with Crippen LogP contribution >= 0.6 is 0 Å². The van der Waals surface area contributed by atoms with Crippen LogP contribution in [0.4, 0.5) is 11.4 Å². The third kappa shape index (κ3) is 3.19. The van der Waals surface area contributed by atoms with Crippen molar-refractivity contribution in [3.05, 3.63) is 64.3 Å². The minimum atomic E-state index is 0.748. The standard InChI is InChI=1S/C26H32N2/c1-6-20(7-2)16-21-15-17(3)14-18(4)25(21)28-13-12-22-19(5)27-24-11-9-8-10-23(24)26(22)28/h8-11,14-15,20H,6-7,12-13,16H2,1-5H3. The highest BCUT2D eigenvalue weighted by Crippen LogP contribution is 2.44. The van der Waals surface area contributed by atoms with Crippen LogP contribution in [0.2, 0.25) is 0 Å². The van der Waals surface area contributed by atoms with E-state index in [0.29, 0.717) is 0 Å². The molecule has 0 aliphatic carbocycles. The lowest BCUT2D eigenvalue weighted by molar-refractivity contribution is 0.490. The lowest BCUT2D eigenvalue weighted by atomic mass is 9.91. The Labute approximate surface area is 169 Å². The number of aromatic nitrogens is 1. The number of hydrogen-bond donors (Lipinski definition) is 0. The van der Waals surface area contributed by atoms with Crippen molar-refractivity contribution in [2.24, 2.45) is 5.92 Å². The van der Waals surface area contributed by atoms with Crippen LogP contribution in [-0.2, 0) is 12.8 Å². The third-order valence-corrected chi connectivity index (χ3v) is 6.48. The van der Waals surface area contributed by atoms with Gasteiger partial charge >= 0.3 is 0 Å². The van der Waals surface area contributed by atoms with Gasteiger partial charge in [0.25, 0.3) is 0 Å². The van der Waals surface area contributed by atoms with Crippen molar-refractivity contribution in [2.75, 3.05) is 11.4 Å². The average molecular weight is 373 g/mol. The first kappa shape index (κ1) is 19.0. The number of nitrogens with zero attached hydrogens (tertiary/aromatic N) is 2. The van der Waals surface area contributed by atoms with Crippen LogP contribution in [0.1, 0.15) is 54.6 Å². The Kier molecular flexibility index (Phi) is 5.14. The van der Waals surface area contributed by atoms with E-state index in [9.17, 15) is 0 Å². The molecule has 0 bridgehead atoms. The number of rotatable bonds is 5. The van der Waals surface area contributed by atoms with Crippen molar-refractivity contribution >= 4 is 22.3 Å². The predicted molar refractivity (Wildman–Crippen MR) is 121 cm³/mol. The first-order valence-corrected chi connectivity index (χ1v) is 10.8. The van der Waals surface area contributed by atoms with Crippen molar-refractivity contribution in [1.29, 1.82) is 0 Å². The van der Waals surface area contributed by atoms with E-state index in [-0.39, 0.29) is 0 Å². The fraction of sp³-hybridized carbons (Fsp3) is 0.423. The van der Waals surface area contributed by atoms with Gasteiger partial charge in [0, 0.05) is 23.3 Å². The third-order valence-electron chi connectivity index (χ3n) is 6.48. The summed E-state index contributed by atoms with van der Waals surface area (Å²) in [6.07, 6.45) is 4.73. The summed E-state index contributed by atoms with van der Waals surface area (Å²) < 4.78 is 0. The summed E-state index contributed by atoms with van der Waals surface area (Å²) in [6, 6.07) is 13.4. The second-order valence-corrected chi connectivity index (χ2v) is 8.42. The number of para-hydroxylation sites is 1. The lowest BCUT2D eigenvalue weighted by Gasteiger charge is -2.28. The second kappa shape index (κ2) is 7.58. The molecule has 2 heterocycles. The van der Waals surface area contributed by atoms with Gasteiger partial charge in [-0.3, -0.25) is 4.98 Å². The molecule has 0 radical (unpaired) electrons. The molecule has 0 N–H and O–H groups in total. The number of benzene rings is 2. The summed E-state index contributed by atoms with van der Waals surface area (Å²) in [5.41, 5.74) is 10.8. The van der Waals surface area contributed by atoms with E-state index in [2.05, 4.69) is 75.9 Å². The van der Waals surface area contributed by atoms with E-state index in [1.54, 1.807) is 0 Å². The largest absolute Gasteiger partial charge is 0.340 e. The molecule has 4 rings (SSSR count). The van der Waals surface area contributed by atoms with Crippen molar-refractivity contribution in [1.82, 2.24) is 4.98 Å². The van der Waals surface area contributed by atoms with Gasteiger partial charge < -0.3 is 4.90 Å². The number of pyridine rings is 1. The van der Waals surface area contributed by atoms with E-state index < -0.39 is 0 Å². The van der Waals surface area contributed by atoms with E-state index in [1.807, 2.05) is 0 Å². The highest BCUT2D eigenvalue weighted by atomic mass is 15.2. The topological polar surface area (TPSA) is 16.1 Å². The molecule has 0 spiro atoms. The Balaban J connectivity index is 1.91. The van der Waals surface area contributed by atoms with Crippen molar-refractivity contribution in [3.63, 3.8) is 0 Å². The molecule has 0 atom stereocenters. The van der Waals surface area contributed by atoms with Gasteiger partial charge in [0.2, 0.25) is 0 Å². The number of anilines is 2. The van der Waals surface area contributed by atoms with Gasteiger partial charge in [0.15, 0.2) is 0 Å². The number of aryl methyl sites for hydroxylation is 3. The van der Waals surface area contributed by atoms with E-state index in [4.69, 9.17) is 4.98 Å². The molecule has 2 nitrogen and oxygen atoms in total. The summed E-state index contributed by atoms with van der Waals surface area (Å²) >= 11 is 0. The maximum atomic E-state index is 4.88. The van der Waals surface area contributed by atoms with Gasteiger partial charge in [-0.15, -0.1) is 0 Å². The van der Waals surface area contributed by atoms with Gasteiger partial charge in [-0.25, -0.2) is 0 Å². The van der Waals surface area contributed by atoms with Gasteiger partial charge in [-0.1, -0.05) is 62.6 Å². The van der Waals surface area contributed by atoms with E-state index in [1.165, 1.54) is 64.0 Å². The average Bonchev–Trinajstić information content (AvgIpc) is 3.11. The molecular weight excluding hydrogens is 340 g/mol. The van der Waals surface area contributed by atoms with Crippen molar-refractivity contribution in [3.8, 4) is 0 Å². The summed E-state index contributed by atoms with van der Waals surface area (Å²) in [7, 11) is 0. The highest BCUT2D eigenvalue weighted by molar-refractivity contribution is 5.98. The molecule has 3 aromatic rings. The van der Waals surface area contributed by atoms with Gasteiger partial charge in [-0.2, -0.15) is 0 Å². The molecule has 146 valence electrons. The number of hydrogen-bond acceptors (Lipinski definition) is 2. The van der Waals surface area contributed by atoms with Gasteiger partial charge in [0.1, 0.15) is 0 Å². The first-order chi connectivity index (χ1) is 13.5. The number of fused-ring (bicyclic) bond motifs is 3. The molecule has 1 aliphatic rings. The summed E-state index contributed by atoms with van der Waals surface area (Å²) in [5, 5.41) is 1.29. The molecule has 0 fully saturated rings. The molecule has 2 heteroatoms. The Bertz CT molecular complexity index is 1010. The minimum absolute atomic E-state index is 0.748. The molecule has 0 saturated carbocycles. The Morgan fingerprint density at radius 3 is 2.50 bits per heavy atom. The minimum Gasteiger partial charge on any atom is -0.340 e. The Hall–Kier alpha value is -2.35. The van der Waals surface area contributed by atoms with Crippen LogP contribution in [0.5, 0.6) is 0 Å². The van der Waals surface area contributed by atoms with Gasteiger partial charge in [0.05, 0.1) is 11.2 Å². The maximum absolute atomic E-state index is 4.88. The zero-order valence-electron chi connectivity index (χ0n) is 18.0. The Morgan fingerprint density at radius 1 is 1.00 bits per heavy atom. The van der Waals surface area contributed by atoms with E-state index in [0.717, 1.165) is 24.4 Å². The van der Waals surface area contributed by atoms with Crippen LogP contribution in [0.3, 0.4) is 0 Å². The van der Waals surface area contributed by atoms with Crippen LogP contribution in [0.15, 0.2) is 36.4 Å². The smallest absolute Gasteiger partial charge is 0.0726 e. The Morgan fingerprint density at radius 2 is 1.75 bits per heavy atom. The normalized spacial score (nSPS) is 13.6. The first-order valence-electron chi connectivity index (χ1n) is 10.8. The monoisotopic (exact) mass is 372 g/mol. The molecule has 2 aromatic carbocycles. The molecule has 0 amide bonds.